The number of amides is 1. The van der Waals surface area contributed by atoms with Crippen molar-refractivity contribution in [1.82, 2.24) is 9.80 Å². The van der Waals surface area contributed by atoms with Crippen molar-refractivity contribution in [2.75, 3.05) is 31.1 Å². The Morgan fingerprint density at radius 1 is 1.00 bits per heavy atom. The van der Waals surface area contributed by atoms with E-state index in [1.54, 1.807) is 6.07 Å². The zero-order valence-corrected chi connectivity index (χ0v) is 21.9. The van der Waals surface area contributed by atoms with Gasteiger partial charge >= 0.3 is 0 Å². The molecule has 2 aliphatic heterocycles. The number of benzene rings is 3. The van der Waals surface area contributed by atoms with E-state index in [-0.39, 0.29) is 23.7 Å². The first-order valence-electron chi connectivity index (χ1n) is 13.4. The first-order valence-corrected chi connectivity index (χ1v) is 13.4. The Morgan fingerprint density at radius 2 is 1.76 bits per heavy atom. The molecule has 5 rings (SSSR count). The highest BCUT2D eigenvalue weighted by atomic mass is 16.3. The Hall–Kier alpha value is -3.41. The van der Waals surface area contributed by atoms with Crippen LogP contribution in [0.1, 0.15) is 53.4 Å². The molecular formula is C32H37N3O2. The molecule has 5 nitrogen and oxygen atoms in total. The van der Waals surface area contributed by atoms with Gasteiger partial charge in [-0.15, -0.1) is 6.58 Å². The summed E-state index contributed by atoms with van der Waals surface area (Å²) >= 11 is 0. The summed E-state index contributed by atoms with van der Waals surface area (Å²) in [6, 6.07) is 24.4. The van der Waals surface area contributed by atoms with E-state index in [1.165, 1.54) is 5.56 Å². The van der Waals surface area contributed by atoms with Gasteiger partial charge in [-0.25, -0.2) is 0 Å². The van der Waals surface area contributed by atoms with Crippen molar-refractivity contribution >= 4 is 11.6 Å². The highest BCUT2D eigenvalue weighted by Gasteiger charge is 2.35. The van der Waals surface area contributed by atoms with Crippen LogP contribution in [0.5, 0.6) is 5.75 Å². The number of hydrogen-bond acceptors (Lipinski definition) is 4. The topological polar surface area (TPSA) is 47.0 Å². The maximum absolute atomic E-state index is 13.8. The van der Waals surface area contributed by atoms with Crippen molar-refractivity contribution in [2.24, 2.45) is 0 Å². The van der Waals surface area contributed by atoms with Crippen LogP contribution in [0.2, 0.25) is 0 Å². The molecule has 0 aromatic heterocycles. The Bertz CT molecular complexity index is 1270. The zero-order valence-electron chi connectivity index (χ0n) is 21.9. The first kappa shape index (κ1) is 25.2. The van der Waals surface area contributed by atoms with Crippen molar-refractivity contribution in [3.05, 3.63) is 108 Å². The van der Waals surface area contributed by atoms with Gasteiger partial charge in [0, 0.05) is 49.5 Å². The van der Waals surface area contributed by atoms with E-state index in [9.17, 15) is 9.90 Å². The number of hydrogen-bond donors (Lipinski definition) is 1. The minimum Gasteiger partial charge on any atom is -0.508 e. The molecule has 0 saturated carbocycles. The number of aromatic hydroxyl groups is 1. The van der Waals surface area contributed by atoms with Crippen LogP contribution in [0.15, 0.2) is 85.5 Å². The number of carbonyl (C=O) groups is 1. The number of aryl methyl sites for hydroxylation is 1. The Kier molecular flexibility index (Phi) is 7.45. The highest BCUT2D eigenvalue weighted by molar-refractivity contribution is 6.06. The Labute approximate surface area is 220 Å². The summed E-state index contributed by atoms with van der Waals surface area (Å²) in [4.78, 5) is 20.7. The second kappa shape index (κ2) is 10.9. The van der Waals surface area contributed by atoms with E-state index in [0.29, 0.717) is 11.6 Å². The molecule has 1 N–H and O–H groups in total. The second-order valence-electron chi connectivity index (χ2n) is 10.4. The average molecular weight is 496 g/mol. The molecule has 192 valence electrons. The van der Waals surface area contributed by atoms with Gasteiger partial charge in [-0.1, -0.05) is 48.5 Å². The quantitative estimate of drug-likeness (QED) is 0.449. The highest BCUT2D eigenvalue weighted by Crippen LogP contribution is 2.35. The van der Waals surface area contributed by atoms with Crippen molar-refractivity contribution < 1.29 is 9.90 Å². The van der Waals surface area contributed by atoms with E-state index in [2.05, 4.69) is 60.6 Å². The van der Waals surface area contributed by atoms with Gasteiger partial charge in [-0.3, -0.25) is 14.6 Å². The lowest BCUT2D eigenvalue weighted by atomic mass is 9.92. The lowest BCUT2D eigenvalue weighted by molar-refractivity contribution is 0.0306. The van der Waals surface area contributed by atoms with E-state index in [1.807, 2.05) is 47.4 Å². The van der Waals surface area contributed by atoms with Crippen LogP contribution in [0.4, 0.5) is 5.69 Å². The van der Waals surface area contributed by atoms with Gasteiger partial charge in [0.25, 0.3) is 5.91 Å². The number of piperazine rings is 1. The monoisotopic (exact) mass is 495 g/mol. The third-order valence-electron chi connectivity index (χ3n) is 7.85. The van der Waals surface area contributed by atoms with Crippen LogP contribution in [-0.4, -0.2) is 59.1 Å². The number of para-hydroxylation sites is 1. The van der Waals surface area contributed by atoms with Gasteiger partial charge in [0.05, 0.1) is 6.04 Å². The summed E-state index contributed by atoms with van der Waals surface area (Å²) in [5, 5.41) is 10.3. The SMILES string of the molecule is C=CCN1C[C@H](C)N([C@@H](c2cccc(O)c2)c2cccc(C(=O)N3CCCc4ccccc43)c2)C[C@H]1C. The van der Waals surface area contributed by atoms with Gasteiger partial charge < -0.3 is 10.0 Å². The molecule has 1 fully saturated rings. The molecular weight excluding hydrogens is 458 g/mol. The zero-order chi connectivity index (χ0) is 25.9. The van der Waals surface area contributed by atoms with Gasteiger partial charge in [0.15, 0.2) is 0 Å². The molecule has 37 heavy (non-hydrogen) atoms. The fourth-order valence-electron chi connectivity index (χ4n) is 6.02. The number of anilines is 1. The van der Waals surface area contributed by atoms with Gasteiger partial charge in [-0.2, -0.15) is 0 Å². The molecule has 0 unspecified atom stereocenters. The molecule has 3 aromatic carbocycles. The molecule has 1 amide bonds. The average Bonchev–Trinajstić information content (AvgIpc) is 2.91. The van der Waals surface area contributed by atoms with E-state index >= 15 is 0 Å². The van der Waals surface area contributed by atoms with Crippen molar-refractivity contribution in [1.29, 1.82) is 0 Å². The second-order valence-corrected chi connectivity index (χ2v) is 10.4. The van der Waals surface area contributed by atoms with Gasteiger partial charge in [0.1, 0.15) is 5.75 Å². The molecule has 0 radical (unpaired) electrons. The number of carbonyl (C=O) groups excluding carboxylic acids is 1. The van der Waals surface area contributed by atoms with E-state index in [4.69, 9.17) is 0 Å². The standard InChI is InChI=1S/C32H37N3O2/c1-4-17-33-21-24(3)35(22-23(33)2)31(27-12-8-15-29(36)20-27)26-11-7-13-28(19-26)32(37)34-18-9-14-25-10-5-6-16-30(25)34/h4-8,10-13,15-16,19-20,23-24,31,36H,1,9,14,17-18,21-22H2,2-3H3/t23-,24+,31-/m1/s1. The molecule has 2 aliphatic rings. The number of phenolic OH excluding ortho intramolecular Hbond substituents is 1. The number of nitrogens with zero attached hydrogens (tertiary/aromatic N) is 3. The van der Waals surface area contributed by atoms with E-state index in [0.717, 1.165) is 55.8 Å². The number of fused-ring (bicyclic) bond motifs is 1. The largest absolute Gasteiger partial charge is 0.508 e. The summed E-state index contributed by atoms with van der Waals surface area (Å²) in [6.45, 7) is 11.9. The fourth-order valence-corrected chi connectivity index (χ4v) is 6.02. The summed E-state index contributed by atoms with van der Waals surface area (Å²) in [6.07, 6.45) is 3.95. The molecule has 3 atom stereocenters. The summed E-state index contributed by atoms with van der Waals surface area (Å²) in [5.74, 6) is 0.298. The lowest BCUT2D eigenvalue weighted by Crippen LogP contribution is -2.57. The van der Waals surface area contributed by atoms with Crippen molar-refractivity contribution in [2.45, 2.75) is 44.8 Å². The smallest absolute Gasteiger partial charge is 0.258 e. The number of rotatable bonds is 6. The summed E-state index contributed by atoms with van der Waals surface area (Å²) in [5.41, 5.74) is 5.05. The predicted octanol–water partition coefficient (Wildman–Crippen LogP) is 5.66. The minimum atomic E-state index is -0.0724. The van der Waals surface area contributed by atoms with Crippen LogP contribution < -0.4 is 4.90 Å². The summed E-state index contributed by atoms with van der Waals surface area (Å²) < 4.78 is 0. The normalized spacial score (nSPS) is 21.3. The minimum absolute atomic E-state index is 0.0425. The van der Waals surface area contributed by atoms with Gasteiger partial charge in [0.2, 0.25) is 0 Å². The van der Waals surface area contributed by atoms with Crippen LogP contribution in [0.25, 0.3) is 0 Å². The van der Waals surface area contributed by atoms with Crippen molar-refractivity contribution in [3.8, 4) is 5.75 Å². The third kappa shape index (κ3) is 5.20. The van der Waals surface area contributed by atoms with Crippen LogP contribution >= 0.6 is 0 Å². The van der Waals surface area contributed by atoms with Crippen molar-refractivity contribution in [3.63, 3.8) is 0 Å². The Morgan fingerprint density at radius 3 is 2.54 bits per heavy atom. The van der Waals surface area contributed by atoms with Crippen LogP contribution in [0.3, 0.4) is 0 Å². The molecule has 5 heteroatoms. The maximum Gasteiger partial charge on any atom is 0.258 e. The molecule has 0 bridgehead atoms. The number of phenols is 1. The Balaban J connectivity index is 1.51. The van der Waals surface area contributed by atoms with Crippen LogP contribution in [0, 0.1) is 0 Å². The maximum atomic E-state index is 13.8. The molecule has 0 aliphatic carbocycles. The molecule has 0 spiro atoms. The molecule has 1 saturated heterocycles. The molecule has 3 aromatic rings. The van der Waals surface area contributed by atoms with Gasteiger partial charge in [-0.05, 0) is 73.7 Å². The first-order chi connectivity index (χ1) is 18.0. The van der Waals surface area contributed by atoms with E-state index < -0.39 is 0 Å². The molecule has 2 heterocycles. The fraction of sp³-hybridized carbons (Fsp3) is 0.344. The lowest BCUT2D eigenvalue weighted by Gasteiger charge is -2.47. The predicted molar refractivity (Wildman–Crippen MR) is 150 cm³/mol. The van der Waals surface area contributed by atoms with Crippen LogP contribution in [-0.2, 0) is 6.42 Å². The third-order valence-corrected chi connectivity index (χ3v) is 7.85. The summed E-state index contributed by atoms with van der Waals surface area (Å²) in [7, 11) is 0.